The van der Waals surface area contributed by atoms with E-state index in [-0.39, 0.29) is 32.3 Å². The highest BCUT2D eigenvalue weighted by Gasteiger charge is 2.57. The molecule has 0 spiro atoms. The van der Waals surface area contributed by atoms with Crippen LogP contribution in [0.1, 0.15) is 26.7 Å². The Balaban J connectivity index is 1.81. The van der Waals surface area contributed by atoms with Gasteiger partial charge in [-0.3, -0.25) is 20.4 Å². The van der Waals surface area contributed by atoms with Gasteiger partial charge in [-0.1, -0.05) is 31.9 Å². The summed E-state index contributed by atoms with van der Waals surface area (Å²) >= 11 is 6.79. The van der Waals surface area contributed by atoms with E-state index in [2.05, 4.69) is 42.7 Å². The van der Waals surface area contributed by atoms with Crippen molar-refractivity contribution in [3.63, 3.8) is 0 Å². The Morgan fingerprint density at radius 1 is 1.00 bits per heavy atom. The molecule has 6 heteroatoms. The van der Waals surface area contributed by atoms with Crippen molar-refractivity contribution in [3.05, 3.63) is 0 Å². The van der Waals surface area contributed by atoms with E-state index in [4.69, 9.17) is 0 Å². The average Bonchev–Trinajstić information content (AvgIpc) is 3.03. The number of amides is 2. The van der Waals surface area contributed by atoms with Crippen molar-refractivity contribution in [1.29, 1.82) is 0 Å². The van der Waals surface area contributed by atoms with E-state index in [0.717, 1.165) is 12.8 Å². The van der Waals surface area contributed by atoms with E-state index < -0.39 is 0 Å². The number of carbonyl (C=O) groups excluding carboxylic acids is 2. The maximum Gasteiger partial charge on any atom is 0.245 e. The van der Waals surface area contributed by atoms with Crippen LogP contribution in [0.25, 0.3) is 0 Å². The molecule has 0 aliphatic heterocycles. The van der Waals surface area contributed by atoms with Crippen LogP contribution in [0.2, 0.25) is 0 Å². The van der Waals surface area contributed by atoms with Crippen molar-refractivity contribution >= 4 is 43.7 Å². The van der Waals surface area contributed by atoms with Crippen LogP contribution in [0.15, 0.2) is 0 Å². The lowest BCUT2D eigenvalue weighted by Crippen LogP contribution is -2.48. The molecule has 2 fully saturated rings. The lowest BCUT2D eigenvalue weighted by molar-refractivity contribution is -0.133. The minimum absolute atomic E-state index is 0.127. The van der Waals surface area contributed by atoms with Gasteiger partial charge in [0.2, 0.25) is 11.8 Å². The number of halogens is 2. The second-order valence-corrected chi connectivity index (χ2v) is 7.30. The van der Waals surface area contributed by atoms with Crippen molar-refractivity contribution < 1.29 is 9.59 Å². The summed E-state index contributed by atoms with van der Waals surface area (Å²) in [6.07, 6.45) is 1.63. The number of hydrogen-bond donors (Lipinski definition) is 2. The fraction of sp³-hybridized carbons (Fsp3) is 0.800. The van der Waals surface area contributed by atoms with Crippen LogP contribution in [0, 0.1) is 10.8 Å². The number of carbonyl (C=O) groups is 2. The molecule has 2 amide bonds. The Morgan fingerprint density at radius 2 is 1.25 bits per heavy atom. The van der Waals surface area contributed by atoms with Gasteiger partial charge in [0, 0.05) is 9.65 Å². The van der Waals surface area contributed by atoms with Crippen LogP contribution in [0.4, 0.5) is 0 Å². The topological polar surface area (TPSA) is 58.2 Å². The van der Waals surface area contributed by atoms with Gasteiger partial charge in [0.1, 0.15) is 0 Å². The largest absolute Gasteiger partial charge is 0.273 e. The van der Waals surface area contributed by atoms with Gasteiger partial charge in [-0.2, -0.15) is 0 Å². The Labute approximate surface area is 111 Å². The lowest BCUT2D eigenvalue weighted by atomic mass is 10.1. The van der Waals surface area contributed by atoms with E-state index in [1.165, 1.54) is 0 Å². The molecule has 2 N–H and O–H groups in total. The molecule has 4 atom stereocenters. The zero-order valence-electron chi connectivity index (χ0n) is 9.14. The highest BCUT2D eigenvalue weighted by molar-refractivity contribution is 9.10. The summed E-state index contributed by atoms with van der Waals surface area (Å²) in [4.78, 5) is 23.8. The molecule has 0 unspecified atom stereocenters. The van der Waals surface area contributed by atoms with E-state index in [0.29, 0.717) is 0 Å². The number of hydrazine groups is 1. The summed E-state index contributed by atoms with van der Waals surface area (Å²) < 4.78 is 0. The first kappa shape index (κ1) is 12.4. The highest BCUT2D eigenvalue weighted by atomic mass is 79.9. The van der Waals surface area contributed by atoms with Crippen molar-refractivity contribution in [2.45, 2.75) is 36.3 Å². The second kappa shape index (κ2) is 3.70. The molecule has 0 aromatic rings. The molecule has 0 aromatic heterocycles. The monoisotopic (exact) mass is 352 g/mol. The first-order valence-corrected chi connectivity index (χ1v) is 7.03. The van der Waals surface area contributed by atoms with Crippen LogP contribution < -0.4 is 10.9 Å². The summed E-state index contributed by atoms with van der Waals surface area (Å²) in [5, 5.41) is 0. The standard InChI is InChI=1S/C10H14Br2N2O2/c1-9(3-5(9)11)7(15)13-14-8(16)10(2)4-6(10)12/h5-6H,3-4H2,1-2H3,(H,13,15)(H,14,16)/t5-,6-,9-,10+/m0/s1. The fourth-order valence-electron chi connectivity index (χ4n) is 1.50. The van der Waals surface area contributed by atoms with E-state index in [1.807, 2.05) is 13.8 Å². The predicted octanol–water partition coefficient (Wildman–Crippen LogP) is 1.48. The van der Waals surface area contributed by atoms with Crippen molar-refractivity contribution in [3.8, 4) is 0 Å². The summed E-state index contributed by atoms with van der Waals surface area (Å²) in [5.74, 6) is -0.254. The summed E-state index contributed by atoms with van der Waals surface area (Å²) in [5.41, 5.74) is 4.25. The predicted molar refractivity (Wildman–Crippen MR) is 67.2 cm³/mol. The first-order valence-electron chi connectivity index (χ1n) is 5.20. The SMILES string of the molecule is C[C@@]1(C(=O)NNC(=O)[C@@]2(C)C[C@@H]2Br)C[C@@H]1Br. The number of rotatable bonds is 2. The van der Waals surface area contributed by atoms with Gasteiger partial charge >= 0.3 is 0 Å². The lowest BCUT2D eigenvalue weighted by Gasteiger charge is -2.14. The van der Waals surface area contributed by atoms with Gasteiger partial charge < -0.3 is 0 Å². The van der Waals surface area contributed by atoms with Crippen LogP contribution >= 0.6 is 31.9 Å². The van der Waals surface area contributed by atoms with Crippen LogP contribution in [-0.4, -0.2) is 21.5 Å². The summed E-state index contributed by atoms with van der Waals surface area (Å²) in [7, 11) is 0. The van der Waals surface area contributed by atoms with Crippen molar-refractivity contribution in [1.82, 2.24) is 10.9 Å². The molecular weight excluding hydrogens is 340 g/mol. The Hall–Kier alpha value is -0.100. The average molecular weight is 354 g/mol. The third-order valence-corrected chi connectivity index (χ3v) is 6.26. The molecule has 0 saturated heterocycles. The molecule has 2 aliphatic rings. The van der Waals surface area contributed by atoms with Gasteiger partial charge in [-0.15, -0.1) is 0 Å². The second-order valence-electron chi connectivity index (χ2n) is 5.09. The Bertz CT molecular complexity index is 329. The van der Waals surface area contributed by atoms with E-state index >= 15 is 0 Å². The van der Waals surface area contributed by atoms with Crippen LogP contribution in [-0.2, 0) is 9.59 Å². The van der Waals surface area contributed by atoms with Gasteiger partial charge in [0.15, 0.2) is 0 Å². The Kier molecular flexibility index (Phi) is 2.86. The number of alkyl halides is 2. The summed E-state index contributed by atoms with van der Waals surface area (Å²) in [6, 6.07) is 0. The summed E-state index contributed by atoms with van der Waals surface area (Å²) in [6.45, 7) is 3.75. The third kappa shape index (κ3) is 1.90. The van der Waals surface area contributed by atoms with Crippen LogP contribution in [0.3, 0.4) is 0 Å². The van der Waals surface area contributed by atoms with E-state index in [9.17, 15) is 9.59 Å². The third-order valence-electron chi connectivity index (χ3n) is 3.60. The molecule has 90 valence electrons. The quantitative estimate of drug-likeness (QED) is 0.583. The molecule has 0 radical (unpaired) electrons. The number of hydrogen-bond acceptors (Lipinski definition) is 2. The highest BCUT2D eigenvalue weighted by Crippen LogP contribution is 2.52. The van der Waals surface area contributed by atoms with E-state index in [1.54, 1.807) is 0 Å². The Morgan fingerprint density at radius 3 is 1.44 bits per heavy atom. The number of nitrogens with one attached hydrogen (secondary N) is 2. The van der Waals surface area contributed by atoms with Gasteiger partial charge in [0.25, 0.3) is 0 Å². The van der Waals surface area contributed by atoms with Gasteiger partial charge in [-0.05, 0) is 26.7 Å². The molecular formula is C10H14Br2N2O2. The zero-order chi connectivity index (χ0) is 12.1. The van der Waals surface area contributed by atoms with Crippen molar-refractivity contribution in [2.75, 3.05) is 0 Å². The minimum Gasteiger partial charge on any atom is -0.273 e. The molecule has 2 rings (SSSR count). The molecule has 0 heterocycles. The maximum absolute atomic E-state index is 11.7. The molecule has 4 nitrogen and oxygen atoms in total. The smallest absolute Gasteiger partial charge is 0.245 e. The fourth-order valence-corrected chi connectivity index (χ4v) is 3.26. The molecule has 2 aliphatic carbocycles. The van der Waals surface area contributed by atoms with Crippen molar-refractivity contribution in [2.24, 2.45) is 10.8 Å². The van der Waals surface area contributed by atoms with Crippen LogP contribution in [0.5, 0.6) is 0 Å². The maximum atomic E-state index is 11.7. The first-order chi connectivity index (χ1) is 7.30. The normalized spacial score (nSPS) is 44.8. The molecule has 0 bridgehead atoms. The molecule has 2 saturated carbocycles. The minimum atomic E-state index is -0.370. The zero-order valence-corrected chi connectivity index (χ0v) is 12.3. The molecule has 16 heavy (non-hydrogen) atoms. The molecule has 0 aromatic carbocycles. The van der Waals surface area contributed by atoms with Gasteiger partial charge in [0.05, 0.1) is 10.8 Å². The van der Waals surface area contributed by atoms with Gasteiger partial charge in [-0.25, -0.2) is 0 Å².